The minimum Gasteiger partial charge on any atom is -0.306 e. The lowest BCUT2D eigenvalue weighted by molar-refractivity contribution is 0.100. The first kappa shape index (κ1) is 11.5. The van der Waals surface area contributed by atoms with E-state index in [1.165, 1.54) is 25.9 Å². The van der Waals surface area contributed by atoms with Crippen molar-refractivity contribution in [3.8, 4) is 0 Å². The van der Waals surface area contributed by atoms with Crippen LogP contribution in [0.1, 0.15) is 26.7 Å². The van der Waals surface area contributed by atoms with Crippen molar-refractivity contribution in [2.45, 2.75) is 26.7 Å². The summed E-state index contributed by atoms with van der Waals surface area (Å²) in [6, 6.07) is 0. The van der Waals surface area contributed by atoms with Gasteiger partial charge in [0.05, 0.1) is 0 Å². The smallest absolute Gasteiger partial charge is 0.000958 e. The van der Waals surface area contributed by atoms with Crippen molar-refractivity contribution in [3.05, 3.63) is 0 Å². The minimum atomic E-state index is 0. The van der Waals surface area contributed by atoms with E-state index in [0.29, 0.717) is 0 Å². The van der Waals surface area contributed by atoms with E-state index in [4.69, 9.17) is 0 Å². The molecule has 1 aliphatic heterocycles. The lowest BCUT2D eigenvalue weighted by atomic mass is 9.78. The first-order valence-corrected chi connectivity index (χ1v) is 5.37. The molecule has 0 aromatic heterocycles. The summed E-state index contributed by atoms with van der Waals surface area (Å²) < 4.78 is 0. The molecule has 0 N–H and O–H groups in total. The zero-order valence-corrected chi connectivity index (χ0v) is 10.7. The third-order valence-corrected chi connectivity index (χ3v) is 3.86. The molecule has 1 aliphatic carbocycles. The molecule has 2 bridgehead atoms. The molecule has 1 saturated carbocycles. The Kier molecular flexibility index (Phi) is 3.82. The molecule has 0 spiro atoms. The van der Waals surface area contributed by atoms with Crippen LogP contribution in [0.5, 0.6) is 0 Å². The van der Waals surface area contributed by atoms with Crippen LogP contribution in [-0.2, 0) is 0 Å². The zero-order valence-electron chi connectivity index (χ0n) is 8.99. The molecule has 78 valence electrons. The quantitative estimate of drug-likeness (QED) is 0.689. The second-order valence-corrected chi connectivity index (χ2v) is 5.14. The number of hydrogen-bond acceptors (Lipinski definition) is 1. The van der Waals surface area contributed by atoms with E-state index in [9.17, 15) is 0 Å². The van der Waals surface area contributed by atoms with Crippen molar-refractivity contribution in [3.63, 3.8) is 0 Å². The molecular weight excluding hydrogens is 226 g/mol. The molecule has 0 aromatic rings. The Labute approximate surface area is 92.6 Å². The van der Waals surface area contributed by atoms with Gasteiger partial charge < -0.3 is 4.90 Å². The van der Waals surface area contributed by atoms with Crippen LogP contribution in [0.2, 0.25) is 0 Å². The van der Waals surface area contributed by atoms with Crippen molar-refractivity contribution in [2.24, 2.45) is 23.7 Å². The van der Waals surface area contributed by atoms with Gasteiger partial charge in [0.25, 0.3) is 0 Å². The number of hydrogen-bond donors (Lipinski definition) is 0. The van der Waals surface area contributed by atoms with Crippen LogP contribution >= 0.6 is 17.0 Å². The fourth-order valence-corrected chi connectivity index (χ4v) is 3.59. The summed E-state index contributed by atoms with van der Waals surface area (Å²) >= 11 is 0. The maximum atomic E-state index is 2.53. The Hall–Kier alpha value is 0.440. The average Bonchev–Trinajstić information content (AvgIpc) is 2.24. The second-order valence-electron chi connectivity index (χ2n) is 5.14. The van der Waals surface area contributed by atoms with E-state index in [2.05, 4.69) is 25.8 Å². The van der Waals surface area contributed by atoms with Gasteiger partial charge in [-0.2, -0.15) is 0 Å². The predicted octanol–water partition coefficient (Wildman–Crippen LogP) is 2.81. The van der Waals surface area contributed by atoms with Crippen molar-refractivity contribution >= 4 is 17.0 Å². The third kappa shape index (κ3) is 2.10. The lowest BCUT2D eigenvalue weighted by Gasteiger charge is -2.38. The predicted molar refractivity (Wildman–Crippen MR) is 62.4 cm³/mol. The minimum absolute atomic E-state index is 0. The van der Waals surface area contributed by atoms with Gasteiger partial charge in [0.15, 0.2) is 0 Å². The van der Waals surface area contributed by atoms with E-state index >= 15 is 0 Å². The van der Waals surface area contributed by atoms with Crippen LogP contribution in [0.4, 0.5) is 0 Å². The molecule has 0 radical (unpaired) electrons. The summed E-state index contributed by atoms with van der Waals surface area (Å²) in [6.45, 7) is 7.53. The first-order chi connectivity index (χ1) is 5.68. The molecular formula is C11H22BrN. The van der Waals surface area contributed by atoms with Gasteiger partial charge in [-0.15, -0.1) is 17.0 Å². The highest BCUT2D eigenvalue weighted by molar-refractivity contribution is 8.93. The SMILES string of the molecule is Br.CC(C)C1C2CCC1CN(C)C2. The van der Waals surface area contributed by atoms with Crippen molar-refractivity contribution in [2.75, 3.05) is 20.1 Å². The summed E-state index contributed by atoms with van der Waals surface area (Å²) in [6.07, 6.45) is 3.00. The molecule has 0 aromatic carbocycles. The summed E-state index contributed by atoms with van der Waals surface area (Å²) in [7, 11) is 2.28. The van der Waals surface area contributed by atoms with Gasteiger partial charge >= 0.3 is 0 Å². The Balaban J connectivity index is 0.000000845. The van der Waals surface area contributed by atoms with Gasteiger partial charge in [-0.1, -0.05) is 13.8 Å². The zero-order chi connectivity index (χ0) is 8.72. The second kappa shape index (κ2) is 4.31. The third-order valence-electron chi connectivity index (χ3n) is 3.86. The van der Waals surface area contributed by atoms with Gasteiger partial charge in [0.1, 0.15) is 0 Å². The molecule has 13 heavy (non-hydrogen) atoms. The molecule has 0 amide bonds. The Bertz CT molecular complexity index is 155. The Morgan fingerprint density at radius 3 is 1.92 bits per heavy atom. The van der Waals surface area contributed by atoms with E-state index in [0.717, 1.165) is 23.7 Å². The van der Waals surface area contributed by atoms with Crippen LogP contribution in [0.15, 0.2) is 0 Å². The molecule has 2 atom stereocenters. The van der Waals surface area contributed by atoms with Gasteiger partial charge in [0.2, 0.25) is 0 Å². The number of likely N-dealkylation sites (tertiary alicyclic amines) is 1. The normalized spacial score (nSPS) is 39.2. The van der Waals surface area contributed by atoms with E-state index in [-0.39, 0.29) is 17.0 Å². The largest absolute Gasteiger partial charge is 0.306 e. The maximum absolute atomic E-state index is 2.53. The molecule has 2 unspecified atom stereocenters. The van der Waals surface area contributed by atoms with Crippen molar-refractivity contribution in [1.82, 2.24) is 4.90 Å². The molecule has 1 saturated heterocycles. The maximum Gasteiger partial charge on any atom is 0.000958 e. The standard InChI is InChI=1S/C11H21N.BrH/c1-8(2)11-9-4-5-10(11)7-12(3)6-9;/h8-11H,4-7H2,1-3H3;1H. The molecule has 2 rings (SSSR count). The average molecular weight is 248 g/mol. The molecule has 2 aliphatic rings. The monoisotopic (exact) mass is 247 g/mol. The summed E-state index contributed by atoms with van der Waals surface area (Å²) in [5.41, 5.74) is 0. The fourth-order valence-electron chi connectivity index (χ4n) is 3.59. The van der Waals surface area contributed by atoms with Crippen molar-refractivity contribution in [1.29, 1.82) is 0 Å². The van der Waals surface area contributed by atoms with Crippen LogP contribution in [0.25, 0.3) is 0 Å². The topological polar surface area (TPSA) is 3.24 Å². The van der Waals surface area contributed by atoms with Crippen molar-refractivity contribution < 1.29 is 0 Å². The highest BCUT2D eigenvalue weighted by Crippen LogP contribution is 2.45. The van der Waals surface area contributed by atoms with E-state index in [1.807, 2.05) is 0 Å². The number of halogens is 1. The summed E-state index contributed by atoms with van der Waals surface area (Å²) in [4.78, 5) is 2.53. The van der Waals surface area contributed by atoms with Crippen LogP contribution in [-0.4, -0.2) is 25.0 Å². The van der Waals surface area contributed by atoms with Gasteiger partial charge in [-0.3, -0.25) is 0 Å². The molecule has 2 fully saturated rings. The van der Waals surface area contributed by atoms with Gasteiger partial charge in [0, 0.05) is 13.1 Å². The number of nitrogens with zero attached hydrogens (tertiary/aromatic N) is 1. The lowest BCUT2D eigenvalue weighted by Crippen LogP contribution is -2.41. The van der Waals surface area contributed by atoms with Crippen LogP contribution in [0, 0.1) is 23.7 Å². The molecule has 2 heteroatoms. The van der Waals surface area contributed by atoms with Gasteiger partial charge in [-0.25, -0.2) is 0 Å². The van der Waals surface area contributed by atoms with Gasteiger partial charge in [-0.05, 0) is 43.6 Å². The summed E-state index contributed by atoms with van der Waals surface area (Å²) in [5, 5.41) is 0. The Morgan fingerprint density at radius 1 is 1.08 bits per heavy atom. The Morgan fingerprint density at radius 2 is 1.54 bits per heavy atom. The van der Waals surface area contributed by atoms with E-state index < -0.39 is 0 Å². The highest BCUT2D eigenvalue weighted by atomic mass is 79.9. The number of fused-ring (bicyclic) bond motifs is 2. The number of piperidine rings is 1. The van der Waals surface area contributed by atoms with Crippen LogP contribution < -0.4 is 0 Å². The highest BCUT2D eigenvalue weighted by Gasteiger charge is 2.41. The molecule has 1 heterocycles. The van der Waals surface area contributed by atoms with Crippen LogP contribution in [0.3, 0.4) is 0 Å². The molecule has 1 nitrogen and oxygen atoms in total. The first-order valence-electron chi connectivity index (χ1n) is 5.37. The fraction of sp³-hybridized carbons (Fsp3) is 1.00. The summed E-state index contributed by atoms with van der Waals surface area (Å²) in [5.74, 6) is 4.00. The number of rotatable bonds is 1. The van der Waals surface area contributed by atoms with E-state index in [1.54, 1.807) is 0 Å².